The van der Waals surface area contributed by atoms with Crippen LogP contribution in [0.3, 0.4) is 0 Å². The van der Waals surface area contributed by atoms with E-state index in [2.05, 4.69) is 21.2 Å². The standard InChI is InChI=1S/C15H13BrN2O/c16-13-4-6-14(7-5-13)18-15(19)12-3-1-2-11(10-12)8-9-17/h1-7,9-10,17H,8H2,(H,18,19). The fraction of sp³-hybridized carbons (Fsp3) is 0.0667. The normalized spacial score (nSPS) is 9.95. The Labute approximate surface area is 120 Å². The van der Waals surface area contributed by atoms with E-state index in [0.717, 1.165) is 15.7 Å². The van der Waals surface area contributed by atoms with Crippen molar-refractivity contribution in [3.05, 3.63) is 64.1 Å². The molecule has 1 amide bonds. The zero-order valence-corrected chi connectivity index (χ0v) is 11.8. The minimum Gasteiger partial charge on any atom is -0.322 e. The topological polar surface area (TPSA) is 53.0 Å². The molecule has 19 heavy (non-hydrogen) atoms. The first-order valence-corrected chi connectivity index (χ1v) is 6.63. The van der Waals surface area contributed by atoms with Crippen molar-refractivity contribution in [2.75, 3.05) is 5.32 Å². The van der Waals surface area contributed by atoms with Gasteiger partial charge in [0.05, 0.1) is 0 Å². The average molecular weight is 317 g/mol. The molecule has 0 spiro atoms. The van der Waals surface area contributed by atoms with Crippen molar-refractivity contribution in [1.29, 1.82) is 5.41 Å². The zero-order chi connectivity index (χ0) is 13.7. The van der Waals surface area contributed by atoms with Crippen LogP contribution < -0.4 is 5.32 Å². The summed E-state index contributed by atoms with van der Waals surface area (Å²) in [6.45, 7) is 0. The van der Waals surface area contributed by atoms with Crippen LogP contribution in [0.15, 0.2) is 53.0 Å². The Kier molecular flexibility index (Phi) is 4.47. The third-order valence-corrected chi connectivity index (χ3v) is 3.16. The predicted octanol–water partition coefficient (Wildman–Crippen LogP) is 3.89. The quantitative estimate of drug-likeness (QED) is 0.826. The van der Waals surface area contributed by atoms with Crippen LogP contribution in [0.5, 0.6) is 0 Å². The van der Waals surface area contributed by atoms with Crippen LogP contribution in [0, 0.1) is 5.41 Å². The van der Waals surface area contributed by atoms with Gasteiger partial charge in [-0.05, 0) is 48.2 Å². The van der Waals surface area contributed by atoms with E-state index in [1.165, 1.54) is 6.21 Å². The minimum atomic E-state index is -0.144. The molecular weight excluding hydrogens is 304 g/mol. The van der Waals surface area contributed by atoms with Gasteiger partial charge in [0.25, 0.3) is 5.91 Å². The molecule has 0 bridgehead atoms. The van der Waals surface area contributed by atoms with Crippen molar-refractivity contribution < 1.29 is 4.79 Å². The average Bonchev–Trinajstić information content (AvgIpc) is 2.42. The SMILES string of the molecule is N=CCc1cccc(C(=O)Nc2ccc(Br)cc2)c1. The first-order valence-electron chi connectivity index (χ1n) is 5.84. The summed E-state index contributed by atoms with van der Waals surface area (Å²) < 4.78 is 0.971. The largest absolute Gasteiger partial charge is 0.322 e. The van der Waals surface area contributed by atoms with Crippen LogP contribution in [0.25, 0.3) is 0 Å². The highest BCUT2D eigenvalue weighted by Crippen LogP contribution is 2.15. The summed E-state index contributed by atoms with van der Waals surface area (Å²) in [6, 6.07) is 14.7. The molecule has 0 heterocycles. The van der Waals surface area contributed by atoms with Crippen molar-refractivity contribution in [3.8, 4) is 0 Å². The monoisotopic (exact) mass is 316 g/mol. The lowest BCUT2D eigenvalue weighted by Gasteiger charge is -2.06. The second-order valence-corrected chi connectivity index (χ2v) is 4.99. The maximum absolute atomic E-state index is 12.1. The molecule has 3 nitrogen and oxygen atoms in total. The van der Waals surface area contributed by atoms with Crippen molar-refractivity contribution in [2.45, 2.75) is 6.42 Å². The maximum atomic E-state index is 12.1. The van der Waals surface area contributed by atoms with Gasteiger partial charge in [-0.2, -0.15) is 0 Å². The number of rotatable bonds is 4. The number of amides is 1. The Bertz CT molecular complexity index is 593. The Balaban J connectivity index is 2.13. The van der Waals surface area contributed by atoms with Crippen LogP contribution in [0.2, 0.25) is 0 Å². The van der Waals surface area contributed by atoms with E-state index >= 15 is 0 Å². The molecule has 0 aliphatic carbocycles. The first-order chi connectivity index (χ1) is 9.19. The van der Waals surface area contributed by atoms with Crippen molar-refractivity contribution in [2.24, 2.45) is 0 Å². The molecule has 0 fully saturated rings. The molecule has 2 aromatic carbocycles. The maximum Gasteiger partial charge on any atom is 0.255 e. The molecule has 0 atom stereocenters. The summed E-state index contributed by atoms with van der Waals surface area (Å²) in [7, 11) is 0. The molecule has 0 aliphatic heterocycles. The summed E-state index contributed by atoms with van der Waals surface area (Å²) >= 11 is 3.35. The van der Waals surface area contributed by atoms with Crippen LogP contribution in [-0.2, 0) is 6.42 Å². The summed E-state index contributed by atoms with van der Waals surface area (Å²) in [5.41, 5.74) is 2.31. The highest BCUT2D eigenvalue weighted by Gasteiger charge is 2.06. The highest BCUT2D eigenvalue weighted by molar-refractivity contribution is 9.10. The third-order valence-electron chi connectivity index (χ3n) is 2.63. The molecule has 96 valence electrons. The second kappa shape index (κ2) is 6.29. The Morgan fingerprint density at radius 2 is 1.95 bits per heavy atom. The molecule has 2 N–H and O–H groups in total. The number of benzene rings is 2. The molecule has 2 aromatic rings. The summed E-state index contributed by atoms with van der Waals surface area (Å²) in [4.78, 5) is 12.1. The van der Waals surface area contributed by atoms with Gasteiger partial charge in [-0.15, -0.1) is 0 Å². The van der Waals surface area contributed by atoms with Gasteiger partial charge in [-0.25, -0.2) is 0 Å². The third kappa shape index (κ3) is 3.76. The lowest BCUT2D eigenvalue weighted by atomic mass is 10.1. The molecule has 0 aromatic heterocycles. The van der Waals surface area contributed by atoms with E-state index in [1.807, 2.05) is 36.4 Å². The number of hydrogen-bond donors (Lipinski definition) is 2. The Morgan fingerprint density at radius 1 is 1.21 bits per heavy atom. The summed E-state index contributed by atoms with van der Waals surface area (Å²) in [6.07, 6.45) is 1.87. The Morgan fingerprint density at radius 3 is 2.63 bits per heavy atom. The lowest BCUT2D eigenvalue weighted by molar-refractivity contribution is 0.102. The molecule has 0 unspecified atom stereocenters. The Hall–Kier alpha value is -1.94. The molecule has 0 aliphatic rings. The van der Waals surface area contributed by atoms with E-state index < -0.39 is 0 Å². The van der Waals surface area contributed by atoms with Crippen LogP contribution in [-0.4, -0.2) is 12.1 Å². The smallest absolute Gasteiger partial charge is 0.255 e. The van der Waals surface area contributed by atoms with E-state index in [9.17, 15) is 4.79 Å². The fourth-order valence-corrected chi connectivity index (χ4v) is 1.96. The van der Waals surface area contributed by atoms with Gasteiger partial charge in [-0.3, -0.25) is 4.79 Å². The van der Waals surface area contributed by atoms with Crippen molar-refractivity contribution in [3.63, 3.8) is 0 Å². The van der Waals surface area contributed by atoms with Gasteiger partial charge < -0.3 is 10.7 Å². The van der Waals surface area contributed by atoms with E-state index in [-0.39, 0.29) is 5.91 Å². The highest BCUT2D eigenvalue weighted by atomic mass is 79.9. The van der Waals surface area contributed by atoms with Gasteiger partial charge in [0.1, 0.15) is 0 Å². The zero-order valence-electron chi connectivity index (χ0n) is 10.2. The minimum absolute atomic E-state index is 0.144. The van der Waals surface area contributed by atoms with Gasteiger partial charge in [-0.1, -0.05) is 28.1 Å². The summed E-state index contributed by atoms with van der Waals surface area (Å²) in [5.74, 6) is -0.144. The second-order valence-electron chi connectivity index (χ2n) is 4.07. The fourth-order valence-electron chi connectivity index (χ4n) is 1.69. The van der Waals surface area contributed by atoms with E-state index in [1.54, 1.807) is 12.1 Å². The van der Waals surface area contributed by atoms with E-state index in [0.29, 0.717) is 12.0 Å². The molecule has 4 heteroatoms. The van der Waals surface area contributed by atoms with Gasteiger partial charge >= 0.3 is 0 Å². The number of carbonyl (C=O) groups is 1. The molecule has 0 saturated heterocycles. The van der Waals surface area contributed by atoms with E-state index in [4.69, 9.17) is 5.41 Å². The number of anilines is 1. The number of hydrogen-bond acceptors (Lipinski definition) is 2. The van der Waals surface area contributed by atoms with Crippen LogP contribution in [0.4, 0.5) is 5.69 Å². The van der Waals surface area contributed by atoms with Crippen molar-refractivity contribution >= 4 is 33.7 Å². The first kappa shape index (κ1) is 13.5. The number of carbonyl (C=O) groups excluding carboxylic acids is 1. The molecule has 0 saturated carbocycles. The van der Waals surface area contributed by atoms with Gasteiger partial charge in [0.15, 0.2) is 0 Å². The lowest BCUT2D eigenvalue weighted by Crippen LogP contribution is -2.12. The predicted molar refractivity (Wildman–Crippen MR) is 81.0 cm³/mol. The number of halogens is 1. The molecule has 2 rings (SSSR count). The number of nitrogens with one attached hydrogen (secondary N) is 2. The van der Waals surface area contributed by atoms with Crippen LogP contribution in [0.1, 0.15) is 15.9 Å². The van der Waals surface area contributed by atoms with Crippen molar-refractivity contribution in [1.82, 2.24) is 0 Å². The molecule has 0 radical (unpaired) electrons. The molecular formula is C15H13BrN2O. The summed E-state index contributed by atoms with van der Waals surface area (Å²) in [5, 5.41) is 9.93. The van der Waals surface area contributed by atoms with Gasteiger partial charge in [0.2, 0.25) is 0 Å². The van der Waals surface area contributed by atoms with Crippen LogP contribution >= 0.6 is 15.9 Å². The van der Waals surface area contributed by atoms with Gasteiger partial charge in [0, 0.05) is 22.1 Å².